The van der Waals surface area contributed by atoms with E-state index in [2.05, 4.69) is 15.3 Å². The summed E-state index contributed by atoms with van der Waals surface area (Å²) in [6.45, 7) is 0.869. The van der Waals surface area contributed by atoms with Gasteiger partial charge in [0.05, 0.1) is 16.8 Å². The van der Waals surface area contributed by atoms with Gasteiger partial charge in [-0.3, -0.25) is 14.6 Å². The molecule has 1 aromatic carbocycles. The number of benzene rings is 1. The number of rotatable bonds is 6. The van der Waals surface area contributed by atoms with Crippen molar-refractivity contribution in [1.82, 2.24) is 15.3 Å². The first-order chi connectivity index (χ1) is 14.2. The average Bonchev–Trinajstić information content (AvgIpc) is 2.67. The summed E-state index contributed by atoms with van der Waals surface area (Å²) < 4.78 is 63.7. The number of aliphatic hydroxyl groups is 1. The molecular formula is C17H16BF3N4O5S. The highest BCUT2D eigenvalue weighted by Crippen LogP contribution is 2.26. The van der Waals surface area contributed by atoms with E-state index < -0.39 is 56.3 Å². The van der Waals surface area contributed by atoms with Gasteiger partial charge in [0.15, 0.2) is 27.0 Å². The van der Waals surface area contributed by atoms with Crippen LogP contribution < -0.4 is 16.2 Å². The molecule has 0 aliphatic rings. The summed E-state index contributed by atoms with van der Waals surface area (Å²) in [5, 5.41) is 14.6. The molecule has 0 saturated heterocycles. The van der Waals surface area contributed by atoms with Gasteiger partial charge in [0.1, 0.15) is 7.85 Å². The number of nitrogens with zero attached hydrogens (tertiary/aromatic N) is 2. The number of alkyl halides is 3. The second-order valence-electron chi connectivity index (χ2n) is 6.58. The molecule has 2 radical (unpaired) electrons. The molecule has 2 rings (SSSR count). The van der Waals surface area contributed by atoms with Gasteiger partial charge in [-0.1, -0.05) is 0 Å². The second-order valence-corrected chi connectivity index (χ2v) is 8.57. The van der Waals surface area contributed by atoms with Crippen LogP contribution in [-0.2, 0) is 20.8 Å². The molecule has 14 heteroatoms. The van der Waals surface area contributed by atoms with E-state index in [9.17, 15) is 36.3 Å². The molecule has 3 N–H and O–H groups in total. The Morgan fingerprint density at radius 2 is 1.77 bits per heavy atom. The SMILES string of the molecule is [B]c1ncc(NC(=O)[C@@](C)(O)CS(=O)(=O)c2ccc(C(=O)NC)cc2)nc1C(F)(F)F. The molecule has 0 spiro atoms. The summed E-state index contributed by atoms with van der Waals surface area (Å²) >= 11 is 0. The van der Waals surface area contributed by atoms with Crippen molar-refractivity contribution in [3.8, 4) is 0 Å². The topological polar surface area (TPSA) is 138 Å². The van der Waals surface area contributed by atoms with Crippen molar-refractivity contribution in [3.05, 3.63) is 41.7 Å². The standard InChI is InChI=1S/C17H16BF3N4O5S/c1-16(28,8-31(29,30)10-5-3-9(4-6-10)14(26)22-2)15(27)25-11-7-23-13(18)12(24-11)17(19,20)21/h3-7,28H,8H2,1-2H3,(H,22,26)(H,24,25,27)/t16-/m0/s1. The Bertz CT molecular complexity index is 1110. The highest BCUT2D eigenvalue weighted by Gasteiger charge is 2.38. The Morgan fingerprint density at radius 1 is 1.19 bits per heavy atom. The summed E-state index contributed by atoms with van der Waals surface area (Å²) in [5.41, 5.74) is -4.82. The molecule has 0 unspecified atom stereocenters. The Hall–Kier alpha value is -3.00. The summed E-state index contributed by atoms with van der Waals surface area (Å²) in [5.74, 6) is -3.55. The first-order valence-electron chi connectivity index (χ1n) is 8.46. The molecule has 31 heavy (non-hydrogen) atoms. The maximum Gasteiger partial charge on any atom is 0.434 e. The third-order valence-corrected chi connectivity index (χ3v) is 5.91. The van der Waals surface area contributed by atoms with Crippen molar-refractivity contribution in [2.45, 2.75) is 23.6 Å². The number of hydrogen-bond acceptors (Lipinski definition) is 7. The third kappa shape index (κ3) is 5.79. The first-order valence-corrected chi connectivity index (χ1v) is 10.1. The number of halogens is 3. The van der Waals surface area contributed by atoms with E-state index >= 15 is 0 Å². The Morgan fingerprint density at radius 3 is 2.29 bits per heavy atom. The molecule has 1 atom stereocenters. The molecule has 1 heterocycles. The van der Waals surface area contributed by atoms with Gasteiger partial charge < -0.3 is 15.7 Å². The quantitative estimate of drug-likeness (QED) is 0.513. The Labute approximate surface area is 176 Å². The minimum absolute atomic E-state index is 0.188. The molecule has 9 nitrogen and oxygen atoms in total. The molecule has 2 aromatic rings. The molecular weight excluding hydrogens is 440 g/mol. The van der Waals surface area contributed by atoms with Crippen LogP contribution in [0, 0.1) is 0 Å². The lowest BCUT2D eigenvalue weighted by molar-refractivity contribution is -0.140. The monoisotopic (exact) mass is 456 g/mol. The molecule has 0 bridgehead atoms. The highest BCUT2D eigenvalue weighted by molar-refractivity contribution is 7.91. The molecule has 164 valence electrons. The lowest BCUT2D eigenvalue weighted by atomic mass is 10.0. The summed E-state index contributed by atoms with van der Waals surface area (Å²) in [4.78, 5) is 30.0. The molecule has 0 aliphatic heterocycles. The number of amides is 2. The minimum Gasteiger partial charge on any atom is -0.379 e. The largest absolute Gasteiger partial charge is 0.434 e. The minimum atomic E-state index is -4.94. The van der Waals surface area contributed by atoms with Crippen LogP contribution in [0.25, 0.3) is 0 Å². The van der Waals surface area contributed by atoms with Gasteiger partial charge in [0, 0.05) is 18.2 Å². The number of sulfone groups is 1. The van der Waals surface area contributed by atoms with Gasteiger partial charge in [-0.25, -0.2) is 13.4 Å². The van der Waals surface area contributed by atoms with Crippen LogP contribution in [0.1, 0.15) is 23.0 Å². The van der Waals surface area contributed by atoms with Gasteiger partial charge >= 0.3 is 6.18 Å². The fourth-order valence-corrected chi connectivity index (χ4v) is 3.98. The smallest absolute Gasteiger partial charge is 0.379 e. The number of carbonyl (C=O) groups is 2. The van der Waals surface area contributed by atoms with Crippen molar-refractivity contribution in [1.29, 1.82) is 0 Å². The van der Waals surface area contributed by atoms with Gasteiger partial charge in [-0.15, -0.1) is 0 Å². The van der Waals surface area contributed by atoms with Crippen LogP contribution in [0.2, 0.25) is 0 Å². The highest BCUT2D eigenvalue weighted by atomic mass is 32.2. The Kier molecular flexibility index (Phi) is 6.76. The zero-order chi connectivity index (χ0) is 23.6. The summed E-state index contributed by atoms with van der Waals surface area (Å²) in [6, 6.07) is 4.72. The Balaban J connectivity index is 2.21. The number of nitrogens with one attached hydrogen (secondary N) is 2. The zero-order valence-electron chi connectivity index (χ0n) is 16.2. The van der Waals surface area contributed by atoms with Crippen molar-refractivity contribution >= 4 is 40.9 Å². The third-order valence-electron chi connectivity index (χ3n) is 3.97. The van der Waals surface area contributed by atoms with Crippen LogP contribution >= 0.6 is 0 Å². The van der Waals surface area contributed by atoms with Crippen LogP contribution in [0.4, 0.5) is 19.0 Å². The second kappa shape index (κ2) is 8.63. The molecule has 0 aliphatic carbocycles. The lowest BCUT2D eigenvalue weighted by Gasteiger charge is -2.22. The van der Waals surface area contributed by atoms with E-state index in [0.717, 1.165) is 25.3 Å². The number of hydrogen-bond donors (Lipinski definition) is 3. The van der Waals surface area contributed by atoms with E-state index in [1.54, 1.807) is 0 Å². The van der Waals surface area contributed by atoms with Gasteiger partial charge in [0.25, 0.3) is 11.8 Å². The number of aromatic nitrogens is 2. The molecule has 2 amide bonds. The maximum atomic E-state index is 12.9. The van der Waals surface area contributed by atoms with E-state index in [0.29, 0.717) is 0 Å². The summed E-state index contributed by atoms with van der Waals surface area (Å²) in [7, 11) is 2.29. The van der Waals surface area contributed by atoms with Gasteiger partial charge in [-0.05, 0) is 31.2 Å². The zero-order valence-corrected chi connectivity index (χ0v) is 17.0. The average molecular weight is 456 g/mol. The van der Waals surface area contributed by atoms with Crippen molar-refractivity contribution in [2.75, 3.05) is 18.1 Å². The van der Waals surface area contributed by atoms with E-state index in [-0.39, 0.29) is 10.5 Å². The predicted molar refractivity (Wildman–Crippen MR) is 104 cm³/mol. The first kappa shape index (κ1) is 24.3. The van der Waals surface area contributed by atoms with Gasteiger partial charge in [0.2, 0.25) is 0 Å². The molecule has 1 aromatic heterocycles. The van der Waals surface area contributed by atoms with Crippen LogP contribution in [0.15, 0.2) is 35.4 Å². The number of carbonyl (C=O) groups excluding carboxylic acids is 2. The number of anilines is 1. The van der Waals surface area contributed by atoms with E-state index in [4.69, 9.17) is 7.85 Å². The van der Waals surface area contributed by atoms with Crippen LogP contribution in [0.5, 0.6) is 0 Å². The fourth-order valence-electron chi connectivity index (χ4n) is 2.40. The predicted octanol–water partition coefficient (Wildman–Crippen LogP) is -0.188. The van der Waals surface area contributed by atoms with Gasteiger partial charge in [-0.2, -0.15) is 13.2 Å². The van der Waals surface area contributed by atoms with E-state index in [1.807, 2.05) is 5.32 Å². The fraction of sp³-hybridized carbons (Fsp3) is 0.294. The van der Waals surface area contributed by atoms with Crippen molar-refractivity contribution < 1.29 is 36.3 Å². The maximum absolute atomic E-state index is 12.9. The van der Waals surface area contributed by atoms with E-state index in [1.165, 1.54) is 19.2 Å². The lowest BCUT2D eigenvalue weighted by Crippen LogP contribution is -2.46. The van der Waals surface area contributed by atoms with Crippen molar-refractivity contribution in [3.63, 3.8) is 0 Å². The normalized spacial score (nSPS) is 13.9. The summed E-state index contributed by atoms with van der Waals surface area (Å²) in [6.07, 6.45) is -4.21. The van der Waals surface area contributed by atoms with Crippen molar-refractivity contribution in [2.24, 2.45) is 0 Å². The molecule has 0 fully saturated rings. The van der Waals surface area contributed by atoms with Crippen LogP contribution in [0.3, 0.4) is 0 Å². The molecule has 0 saturated carbocycles. The van der Waals surface area contributed by atoms with Crippen LogP contribution in [-0.4, -0.2) is 61.6 Å².